The van der Waals surface area contributed by atoms with E-state index < -0.39 is 17.9 Å². The minimum Gasteiger partial charge on any atom is -0.481 e. The Morgan fingerprint density at radius 3 is 2.53 bits per heavy atom. The SMILES string of the molecule is O=C(O)c1ccc2c3c(cccc13)C(C(=O)O)C=C2. The van der Waals surface area contributed by atoms with Crippen molar-refractivity contribution >= 4 is 28.8 Å². The van der Waals surface area contributed by atoms with Crippen LogP contribution in [0.4, 0.5) is 0 Å². The Labute approximate surface area is 108 Å². The molecule has 0 heterocycles. The van der Waals surface area contributed by atoms with Gasteiger partial charge in [0.15, 0.2) is 0 Å². The van der Waals surface area contributed by atoms with Crippen LogP contribution in [-0.2, 0) is 4.79 Å². The van der Waals surface area contributed by atoms with Crippen molar-refractivity contribution in [3.8, 4) is 0 Å². The largest absolute Gasteiger partial charge is 0.481 e. The maximum atomic E-state index is 11.3. The molecular weight excluding hydrogens is 244 g/mol. The molecule has 3 rings (SSSR count). The topological polar surface area (TPSA) is 74.6 Å². The predicted octanol–water partition coefficient (Wildman–Crippen LogP) is 2.73. The van der Waals surface area contributed by atoms with Gasteiger partial charge in [-0.15, -0.1) is 0 Å². The summed E-state index contributed by atoms with van der Waals surface area (Å²) >= 11 is 0. The van der Waals surface area contributed by atoms with E-state index in [0.29, 0.717) is 10.9 Å². The zero-order chi connectivity index (χ0) is 13.6. The first-order valence-electron chi connectivity index (χ1n) is 5.79. The lowest BCUT2D eigenvalue weighted by Crippen LogP contribution is -2.12. The first-order chi connectivity index (χ1) is 9.09. The van der Waals surface area contributed by atoms with Crippen LogP contribution in [0.15, 0.2) is 36.4 Å². The zero-order valence-electron chi connectivity index (χ0n) is 9.83. The fraction of sp³-hybridized carbons (Fsp3) is 0.0667. The molecule has 1 unspecified atom stereocenters. The first-order valence-corrected chi connectivity index (χ1v) is 5.79. The molecule has 19 heavy (non-hydrogen) atoms. The highest BCUT2D eigenvalue weighted by Gasteiger charge is 2.24. The van der Waals surface area contributed by atoms with Crippen molar-refractivity contribution in [2.24, 2.45) is 0 Å². The van der Waals surface area contributed by atoms with Crippen LogP contribution in [0.25, 0.3) is 16.8 Å². The minimum absolute atomic E-state index is 0.194. The van der Waals surface area contributed by atoms with Gasteiger partial charge in [0.2, 0.25) is 0 Å². The van der Waals surface area contributed by atoms with Crippen LogP contribution in [0.1, 0.15) is 27.4 Å². The van der Waals surface area contributed by atoms with Crippen LogP contribution in [0, 0.1) is 0 Å². The Morgan fingerprint density at radius 1 is 1.05 bits per heavy atom. The normalized spacial score (nSPS) is 16.5. The number of hydrogen-bond acceptors (Lipinski definition) is 2. The van der Waals surface area contributed by atoms with Crippen molar-refractivity contribution in [3.63, 3.8) is 0 Å². The molecule has 0 saturated carbocycles. The van der Waals surface area contributed by atoms with E-state index in [4.69, 9.17) is 0 Å². The lowest BCUT2D eigenvalue weighted by molar-refractivity contribution is -0.137. The number of rotatable bonds is 2. The van der Waals surface area contributed by atoms with E-state index in [1.54, 1.807) is 42.5 Å². The Hall–Kier alpha value is -2.62. The number of carbonyl (C=O) groups is 2. The van der Waals surface area contributed by atoms with Crippen LogP contribution in [0.5, 0.6) is 0 Å². The molecular formula is C15H10O4. The molecule has 0 radical (unpaired) electrons. The number of benzene rings is 2. The first kappa shape index (κ1) is 11.5. The Kier molecular flexibility index (Phi) is 2.38. The molecule has 2 aromatic rings. The van der Waals surface area contributed by atoms with Crippen molar-refractivity contribution in [2.45, 2.75) is 5.92 Å². The van der Waals surface area contributed by atoms with Crippen LogP contribution >= 0.6 is 0 Å². The minimum atomic E-state index is -1.01. The standard InChI is InChI=1S/C15H10O4/c16-14(17)11-6-4-8-5-7-12(15(18)19)10-3-1-2-9(11)13(8)10/h1-7,11H,(H,16,17)(H,18,19). The van der Waals surface area contributed by atoms with Crippen molar-refractivity contribution in [3.05, 3.63) is 53.1 Å². The van der Waals surface area contributed by atoms with E-state index in [1.807, 2.05) is 0 Å². The maximum Gasteiger partial charge on any atom is 0.336 e. The molecule has 2 N–H and O–H groups in total. The van der Waals surface area contributed by atoms with E-state index in [1.165, 1.54) is 0 Å². The summed E-state index contributed by atoms with van der Waals surface area (Å²) in [6.45, 7) is 0. The molecule has 1 aliphatic rings. The number of carboxylic acid groups (broad SMARTS) is 2. The predicted molar refractivity (Wildman–Crippen MR) is 70.3 cm³/mol. The second kappa shape index (κ2) is 3.95. The van der Waals surface area contributed by atoms with Crippen molar-refractivity contribution in [2.75, 3.05) is 0 Å². The lowest BCUT2D eigenvalue weighted by atomic mass is 9.85. The van der Waals surface area contributed by atoms with Gasteiger partial charge in [0.05, 0.1) is 5.56 Å². The monoisotopic (exact) mass is 254 g/mol. The van der Waals surface area contributed by atoms with Gasteiger partial charge in [-0.2, -0.15) is 0 Å². The molecule has 0 aliphatic heterocycles. The number of carboxylic acids is 2. The van der Waals surface area contributed by atoms with Gasteiger partial charge < -0.3 is 10.2 Å². The second-order valence-corrected chi connectivity index (χ2v) is 4.45. The van der Waals surface area contributed by atoms with Gasteiger partial charge in [0.25, 0.3) is 0 Å². The zero-order valence-corrected chi connectivity index (χ0v) is 9.83. The third-order valence-corrected chi connectivity index (χ3v) is 3.40. The molecule has 2 aromatic carbocycles. The van der Waals surface area contributed by atoms with Crippen molar-refractivity contribution in [1.29, 1.82) is 0 Å². The number of aromatic carboxylic acids is 1. The van der Waals surface area contributed by atoms with E-state index in [0.717, 1.165) is 10.9 Å². The van der Waals surface area contributed by atoms with Gasteiger partial charge in [-0.3, -0.25) is 4.79 Å². The second-order valence-electron chi connectivity index (χ2n) is 4.45. The molecule has 0 amide bonds. The summed E-state index contributed by atoms with van der Waals surface area (Å²) in [5, 5.41) is 19.7. The Bertz CT molecular complexity index is 743. The fourth-order valence-electron chi connectivity index (χ4n) is 2.57. The quantitative estimate of drug-likeness (QED) is 0.864. The summed E-state index contributed by atoms with van der Waals surface area (Å²) in [7, 11) is 0. The average molecular weight is 254 g/mol. The highest BCUT2D eigenvalue weighted by Crippen LogP contribution is 2.36. The molecule has 94 valence electrons. The molecule has 0 bridgehead atoms. The molecule has 0 fully saturated rings. The Balaban J connectivity index is 2.41. The molecule has 4 heteroatoms. The van der Waals surface area contributed by atoms with E-state index in [9.17, 15) is 19.8 Å². The van der Waals surface area contributed by atoms with E-state index >= 15 is 0 Å². The maximum absolute atomic E-state index is 11.3. The molecule has 0 saturated heterocycles. The van der Waals surface area contributed by atoms with Gasteiger partial charge >= 0.3 is 11.9 Å². The molecule has 4 nitrogen and oxygen atoms in total. The molecule has 0 spiro atoms. The van der Waals surface area contributed by atoms with Gasteiger partial charge in [0.1, 0.15) is 5.92 Å². The van der Waals surface area contributed by atoms with Crippen LogP contribution < -0.4 is 0 Å². The van der Waals surface area contributed by atoms with Crippen LogP contribution in [0.2, 0.25) is 0 Å². The molecule has 1 aliphatic carbocycles. The summed E-state index contributed by atoms with van der Waals surface area (Å²) in [4.78, 5) is 22.5. The lowest BCUT2D eigenvalue weighted by Gasteiger charge is -2.19. The summed E-state index contributed by atoms with van der Waals surface area (Å²) in [6, 6.07) is 8.41. The van der Waals surface area contributed by atoms with Crippen LogP contribution in [0.3, 0.4) is 0 Å². The summed E-state index contributed by atoms with van der Waals surface area (Å²) in [5.41, 5.74) is 1.69. The molecule has 0 aromatic heterocycles. The fourth-order valence-corrected chi connectivity index (χ4v) is 2.57. The number of aliphatic carboxylic acids is 1. The molecule has 1 atom stereocenters. The summed E-state index contributed by atoms with van der Waals surface area (Å²) < 4.78 is 0. The third-order valence-electron chi connectivity index (χ3n) is 3.40. The Morgan fingerprint density at radius 2 is 1.84 bits per heavy atom. The van der Waals surface area contributed by atoms with E-state index in [2.05, 4.69) is 0 Å². The third kappa shape index (κ3) is 1.61. The highest BCUT2D eigenvalue weighted by atomic mass is 16.4. The summed E-state index contributed by atoms with van der Waals surface area (Å²) in [5.74, 6) is -2.67. The average Bonchev–Trinajstić information content (AvgIpc) is 2.39. The van der Waals surface area contributed by atoms with Crippen molar-refractivity contribution in [1.82, 2.24) is 0 Å². The van der Waals surface area contributed by atoms with Gasteiger partial charge in [-0.25, -0.2) is 4.79 Å². The van der Waals surface area contributed by atoms with Crippen molar-refractivity contribution < 1.29 is 19.8 Å². The van der Waals surface area contributed by atoms with Crippen LogP contribution in [-0.4, -0.2) is 22.2 Å². The highest BCUT2D eigenvalue weighted by molar-refractivity contribution is 6.09. The van der Waals surface area contributed by atoms with Gasteiger partial charge in [0, 0.05) is 0 Å². The summed E-state index contributed by atoms with van der Waals surface area (Å²) in [6.07, 6.45) is 3.36. The van der Waals surface area contributed by atoms with E-state index in [-0.39, 0.29) is 5.56 Å². The van der Waals surface area contributed by atoms with Gasteiger partial charge in [-0.05, 0) is 28.0 Å². The smallest absolute Gasteiger partial charge is 0.336 e. The number of hydrogen-bond donors (Lipinski definition) is 2. The van der Waals surface area contributed by atoms with Gasteiger partial charge in [-0.1, -0.05) is 36.4 Å².